The number of nitrogens with zero attached hydrogens (tertiary/aromatic N) is 1. The maximum atomic E-state index is 5.85. The number of oxazole rings is 1. The van der Waals surface area contributed by atoms with Crippen molar-refractivity contribution >= 4 is 32.7 Å². The zero-order chi connectivity index (χ0) is 14.1. The van der Waals surface area contributed by atoms with Gasteiger partial charge in [0.2, 0.25) is 5.89 Å². The number of benzene rings is 2. The van der Waals surface area contributed by atoms with Crippen LogP contribution in [0.3, 0.4) is 0 Å². The molecule has 5 heteroatoms. The van der Waals surface area contributed by atoms with Crippen molar-refractivity contribution in [2.24, 2.45) is 0 Å². The van der Waals surface area contributed by atoms with E-state index in [0.717, 1.165) is 15.8 Å². The Balaban J connectivity index is 1.81. The number of fused-ring (bicyclic) bond motifs is 1. The number of hydrogen-bond donors (Lipinski definition) is 1. The van der Waals surface area contributed by atoms with E-state index < -0.39 is 0 Å². The second kappa shape index (κ2) is 5.17. The standard InChI is InChI=1S/C15H13BrN2O2/c1-9-7-10(16)5-6-12(9)19-8-14-18-15-11(17)3-2-4-13(15)20-14/h2-7H,8,17H2,1H3. The van der Waals surface area contributed by atoms with Crippen molar-refractivity contribution in [3.05, 3.63) is 52.3 Å². The topological polar surface area (TPSA) is 61.3 Å². The molecule has 0 spiro atoms. The molecule has 0 amide bonds. The minimum Gasteiger partial charge on any atom is -0.484 e. The molecular formula is C15H13BrN2O2. The van der Waals surface area contributed by atoms with Crippen LogP contribution in [-0.2, 0) is 6.61 Å². The van der Waals surface area contributed by atoms with Crippen molar-refractivity contribution < 1.29 is 9.15 Å². The summed E-state index contributed by atoms with van der Waals surface area (Å²) in [6.07, 6.45) is 0. The summed E-state index contributed by atoms with van der Waals surface area (Å²) in [5.74, 6) is 1.32. The highest BCUT2D eigenvalue weighted by molar-refractivity contribution is 9.10. The summed E-state index contributed by atoms with van der Waals surface area (Å²) in [6, 6.07) is 11.3. The molecule has 2 N–H and O–H groups in total. The first kappa shape index (κ1) is 13.0. The Hall–Kier alpha value is -2.01. The van der Waals surface area contributed by atoms with Gasteiger partial charge in [-0.05, 0) is 42.8 Å². The first-order valence-corrected chi connectivity index (χ1v) is 6.95. The normalized spacial score (nSPS) is 10.9. The van der Waals surface area contributed by atoms with Gasteiger partial charge in [-0.25, -0.2) is 4.98 Å². The zero-order valence-electron chi connectivity index (χ0n) is 10.9. The Morgan fingerprint density at radius 1 is 1.30 bits per heavy atom. The van der Waals surface area contributed by atoms with Gasteiger partial charge in [0.25, 0.3) is 0 Å². The molecule has 0 saturated carbocycles. The SMILES string of the molecule is Cc1cc(Br)ccc1OCc1nc2c(N)cccc2o1. The van der Waals surface area contributed by atoms with Gasteiger partial charge in [-0.3, -0.25) is 0 Å². The number of anilines is 1. The summed E-state index contributed by atoms with van der Waals surface area (Å²) in [4.78, 5) is 4.35. The lowest BCUT2D eigenvalue weighted by Gasteiger charge is -2.07. The number of aryl methyl sites for hydroxylation is 1. The van der Waals surface area contributed by atoms with Crippen molar-refractivity contribution in [2.45, 2.75) is 13.5 Å². The predicted octanol–water partition coefficient (Wildman–Crippen LogP) is 4.06. The van der Waals surface area contributed by atoms with Gasteiger partial charge in [-0.1, -0.05) is 22.0 Å². The lowest BCUT2D eigenvalue weighted by atomic mass is 10.2. The van der Waals surface area contributed by atoms with Crippen LogP contribution in [-0.4, -0.2) is 4.98 Å². The van der Waals surface area contributed by atoms with Crippen LogP contribution in [0.15, 0.2) is 45.3 Å². The molecule has 0 radical (unpaired) electrons. The maximum absolute atomic E-state index is 5.85. The first-order chi connectivity index (χ1) is 9.63. The number of nitrogens with two attached hydrogens (primary N) is 1. The van der Waals surface area contributed by atoms with Gasteiger partial charge < -0.3 is 14.9 Å². The third-order valence-electron chi connectivity index (χ3n) is 2.98. The minimum absolute atomic E-state index is 0.274. The molecule has 1 aromatic heterocycles. The fraction of sp³-hybridized carbons (Fsp3) is 0.133. The average molecular weight is 333 g/mol. The van der Waals surface area contributed by atoms with Crippen LogP contribution >= 0.6 is 15.9 Å². The van der Waals surface area contributed by atoms with Crippen LogP contribution in [0, 0.1) is 6.92 Å². The maximum Gasteiger partial charge on any atom is 0.233 e. The highest BCUT2D eigenvalue weighted by atomic mass is 79.9. The van der Waals surface area contributed by atoms with E-state index in [-0.39, 0.29) is 6.61 Å². The Morgan fingerprint density at radius 3 is 2.90 bits per heavy atom. The van der Waals surface area contributed by atoms with E-state index in [9.17, 15) is 0 Å². The molecule has 20 heavy (non-hydrogen) atoms. The molecule has 3 rings (SSSR count). The third-order valence-corrected chi connectivity index (χ3v) is 3.48. The molecule has 0 unspecified atom stereocenters. The van der Waals surface area contributed by atoms with Gasteiger partial charge in [0.05, 0.1) is 5.69 Å². The lowest BCUT2D eigenvalue weighted by molar-refractivity contribution is 0.265. The van der Waals surface area contributed by atoms with Gasteiger partial charge in [0, 0.05) is 4.47 Å². The van der Waals surface area contributed by atoms with Crippen molar-refractivity contribution in [3.63, 3.8) is 0 Å². The molecule has 0 aliphatic rings. The fourth-order valence-corrected chi connectivity index (χ4v) is 2.47. The zero-order valence-corrected chi connectivity index (χ0v) is 12.5. The molecule has 0 fully saturated rings. The monoisotopic (exact) mass is 332 g/mol. The lowest BCUT2D eigenvalue weighted by Crippen LogP contribution is -1.97. The molecule has 4 nitrogen and oxygen atoms in total. The van der Waals surface area contributed by atoms with Crippen molar-refractivity contribution in [1.29, 1.82) is 0 Å². The molecule has 102 valence electrons. The Kier molecular flexibility index (Phi) is 3.36. The van der Waals surface area contributed by atoms with Crippen LogP contribution in [0.1, 0.15) is 11.5 Å². The van der Waals surface area contributed by atoms with Crippen LogP contribution in [0.25, 0.3) is 11.1 Å². The van der Waals surface area contributed by atoms with Crippen LogP contribution in [0.2, 0.25) is 0 Å². The molecule has 0 aliphatic heterocycles. The molecular weight excluding hydrogens is 320 g/mol. The Bertz CT molecular complexity index is 768. The van der Waals surface area contributed by atoms with Gasteiger partial charge in [-0.2, -0.15) is 0 Å². The summed E-state index contributed by atoms with van der Waals surface area (Å²) >= 11 is 3.42. The number of rotatable bonds is 3. The van der Waals surface area contributed by atoms with Crippen LogP contribution < -0.4 is 10.5 Å². The van der Waals surface area contributed by atoms with E-state index >= 15 is 0 Å². The summed E-state index contributed by atoms with van der Waals surface area (Å²) in [5.41, 5.74) is 8.86. The van der Waals surface area contributed by atoms with Crippen molar-refractivity contribution in [1.82, 2.24) is 4.98 Å². The highest BCUT2D eigenvalue weighted by Crippen LogP contribution is 2.25. The third kappa shape index (κ3) is 2.49. The van der Waals surface area contributed by atoms with E-state index in [2.05, 4.69) is 20.9 Å². The molecule has 2 aromatic carbocycles. The Morgan fingerprint density at radius 2 is 2.15 bits per heavy atom. The average Bonchev–Trinajstić information content (AvgIpc) is 2.82. The smallest absolute Gasteiger partial charge is 0.233 e. The van der Waals surface area contributed by atoms with Gasteiger partial charge in [0.15, 0.2) is 12.2 Å². The van der Waals surface area contributed by atoms with E-state index in [0.29, 0.717) is 22.7 Å². The second-order valence-electron chi connectivity index (χ2n) is 4.50. The summed E-state index contributed by atoms with van der Waals surface area (Å²) in [5, 5.41) is 0. The molecule has 1 heterocycles. The van der Waals surface area contributed by atoms with E-state index in [1.165, 1.54) is 0 Å². The molecule has 0 saturated heterocycles. The fourth-order valence-electron chi connectivity index (χ4n) is 1.99. The molecule has 0 aliphatic carbocycles. The molecule has 3 aromatic rings. The number of halogens is 1. The molecule has 0 bridgehead atoms. The van der Waals surface area contributed by atoms with Crippen molar-refractivity contribution in [3.8, 4) is 5.75 Å². The summed E-state index contributed by atoms with van der Waals surface area (Å²) in [7, 11) is 0. The second-order valence-corrected chi connectivity index (χ2v) is 5.42. The van der Waals surface area contributed by atoms with Crippen LogP contribution in [0.5, 0.6) is 5.75 Å². The van der Waals surface area contributed by atoms with Gasteiger partial charge >= 0.3 is 0 Å². The van der Waals surface area contributed by atoms with Gasteiger partial charge in [-0.15, -0.1) is 0 Å². The predicted molar refractivity (Wildman–Crippen MR) is 81.6 cm³/mol. The number of ether oxygens (including phenoxy) is 1. The van der Waals surface area contributed by atoms with Crippen LogP contribution in [0.4, 0.5) is 5.69 Å². The van der Waals surface area contributed by atoms with Crippen molar-refractivity contribution in [2.75, 3.05) is 5.73 Å². The number of hydrogen-bond acceptors (Lipinski definition) is 4. The largest absolute Gasteiger partial charge is 0.484 e. The summed E-state index contributed by atoms with van der Waals surface area (Å²) < 4.78 is 12.4. The Labute approximate surface area is 124 Å². The molecule has 0 atom stereocenters. The quantitative estimate of drug-likeness (QED) is 0.734. The van der Waals surface area contributed by atoms with E-state index in [1.807, 2.05) is 37.3 Å². The van der Waals surface area contributed by atoms with E-state index in [1.54, 1.807) is 6.07 Å². The number of aromatic nitrogens is 1. The number of nitrogen functional groups attached to an aromatic ring is 1. The first-order valence-electron chi connectivity index (χ1n) is 6.16. The van der Waals surface area contributed by atoms with Gasteiger partial charge in [0.1, 0.15) is 11.3 Å². The highest BCUT2D eigenvalue weighted by Gasteiger charge is 2.09. The number of para-hydroxylation sites is 1. The minimum atomic E-state index is 0.274. The summed E-state index contributed by atoms with van der Waals surface area (Å²) in [6.45, 7) is 2.26. The van der Waals surface area contributed by atoms with E-state index in [4.69, 9.17) is 14.9 Å².